The number of halogens is 1. The molecule has 0 spiro atoms. The molecule has 0 radical (unpaired) electrons. The predicted octanol–water partition coefficient (Wildman–Crippen LogP) is 2.11. The molecule has 2 aliphatic rings. The molecule has 1 fully saturated rings. The number of carbonyl (C=O) groups is 3. The minimum atomic E-state index is -0.207. The number of methoxy groups -OCH3 is 1. The van der Waals surface area contributed by atoms with Crippen molar-refractivity contribution in [2.24, 2.45) is 0 Å². The van der Waals surface area contributed by atoms with Crippen LogP contribution in [0.2, 0.25) is 0 Å². The van der Waals surface area contributed by atoms with Crippen LogP contribution >= 0.6 is 12.4 Å². The van der Waals surface area contributed by atoms with Gasteiger partial charge in [0.05, 0.1) is 26.8 Å². The van der Waals surface area contributed by atoms with Crippen LogP contribution in [0.3, 0.4) is 0 Å². The highest BCUT2D eigenvalue weighted by Gasteiger charge is 2.25. The molecule has 4 rings (SSSR count). The topological polar surface area (TPSA) is 108 Å². The molecule has 2 aromatic rings. The third kappa shape index (κ3) is 8.42. The summed E-state index contributed by atoms with van der Waals surface area (Å²) in [7, 11) is 5.35. The zero-order chi connectivity index (χ0) is 28.6. The van der Waals surface area contributed by atoms with Crippen molar-refractivity contribution in [3.63, 3.8) is 0 Å². The summed E-state index contributed by atoms with van der Waals surface area (Å²) in [5.74, 6) is 1.35. The Hall–Kier alpha value is -3.67. The highest BCUT2D eigenvalue weighted by atomic mass is 35.5. The van der Waals surface area contributed by atoms with Gasteiger partial charge in [-0.3, -0.25) is 19.3 Å². The molecule has 3 amide bonds. The lowest BCUT2D eigenvalue weighted by Gasteiger charge is -2.33. The van der Waals surface area contributed by atoms with Gasteiger partial charge in [-0.05, 0) is 37.7 Å². The molecule has 2 aliphatic heterocycles. The molecule has 1 saturated heterocycles. The number of nitrogens with zero attached hydrogens (tertiary/aromatic N) is 5. The van der Waals surface area contributed by atoms with Crippen LogP contribution in [0.4, 0.5) is 5.82 Å². The van der Waals surface area contributed by atoms with Gasteiger partial charge in [-0.2, -0.15) is 0 Å². The second kappa shape index (κ2) is 14.8. The van der Waals surface area contributed by atoms with Crippen molar-refractivity contribution in [2.45, 2.75) is 20.0 Å². The van der Waals surface area contributed by atoms with E-state index in [9.17, 15) is 14.4 Å². The van der Waals surface area contributed by atoms with Crippen LogP contribution in [0.1, 0.15) is 23.6 Å². The number of pyridine rings is 1. The molecule has 0 bridgehead atoms. The number of likely N-dealkylation sites (N-methyl/N-ethyl adjacent to an activating group) is 2. The number of aromatic nitrogens is 1. The van der Waals surface area contributed by atoms with E-state index in [1.807, 2.05) is 48.0 Å². The number of rotatable bonds is 9. The number of hydrogen-bond donors (Lipinski definition) is 1. The molecule has 0 aliphatic carbocycles. The maximum Gasteiger partial charge on any atom is 0.246 e. The first-order chi connectivity index (χ1) is 19.3. The van der Waals surface area contributed by atoms with E-state index < -0.39 is 0 Å². The molecule has 41 heavy (non-hydrogen) atoms. The van der Waals surface area contributed by atoms with Crippen molar-refractivity contribution in [1.29, 1.82) is 0 Å². The van der Waals surface area contributed by atoms with Crippen molar-refractivity contribution in [2.75, 3.05) is 72.4 Å². The number of hydrogen-bond acceptors (Lipinski definition) is 8. The number of amides is 3. The van der Waals surface area contributed by atoms with Crippen molar-refractivity contribution in [3.05, 3.63) is 53.2 Å². The van der Waals surface area contributed by atoms with E-state index in [0.29, 0.717) is 50.1 Å². The van der Waals surface area contributed by atoms with Crippen molar-refractivity contribution >= 4 is 42.0 Å². The monoisotopic (exact) mass is 586 g/mol. The zero-order valence-electron chi connectivity index (χ0n) is 24.1. The molecule has 1 N–H and O–H groups in total. The summed E-state index contributed by atoms with van der Waals surface area (Å²) in [6.45, 7) is 6.46. The fourth-order valence-corrected chi connectivity index (χ4v) is 4.77. The molecule has 11 nitrogen and oxygen atoms in total. The van der Waals surface area contributed by atoms with Gasteiger partial charge in [-0.15, -0.1) is 12.4 Å². The summed E-state index contributed by atoms with van der Waals surface area (Å²) in [6.07, 6.45) is 4.81. The Balaban J connectivity index is 0.00000462. The molecular weight excluding hydrogens is 548 g/mol. The van der Waals surface area contributed by atoms with E-state index in [0.717, 1.165) is 29.8 Å². The van der Waals surface area contributed by atoms with Gasteiger partial charge in [-0.25, -0.2) is 4.98 Å². The van der Waals surface area contributed by atoms with Gasteiger partial charge in [0, 0.05) is 69.7 Å². The normalized spacial score (nSPS) is 15.9. The van der Waals surface area contributed by atoms with E-state index >= 15 is 0 Å². The largest absolute Gasteiger partial charge is 0.493 e. The lowest BCUT2D eigenvalue weighted by Crippen LogP contribution is -2.50. The van der Waals surface area contributed by atoms with Gasteiger partial charge in [0.15, 0.2) is 11.5 Å². The molecule has 12 heteroatoms. The maximum atomic E-state index is 12.9. The summed E-state index contributed by atoms with van der Waals surface area (Å²) < 4.78 is 11.2. The number of anilines is 1. The zero-order valence-corrected chi connectivity index (χ0v) is 24.9. The molecule has 1 aromatic heterocycles. The van der Waals surface area contributed by atoms with Crippen molar-refractivity contribution in [3.8, 4) is 11.5 Å². The summed E-state index contributed by atoms with van der Waals surface area (Å²) in [5, 5.41) is 2.83. The molecule has 3 heterocycles. The number of ether oxygens (including phenoxy) is 2. The molecule has 0 saturated carbocycles. The second-order valence-electron chi connectivity index (χ2n) is 10.1. The number of para-hydroxylation sites is 1. The van der Waals surface area contributed by atoms with E-state index in [4.69, 9.17) is 9.47 Å². The van der Waals surface area contributed by atoms with Gasteiger partial charge in [0.2, 0.25) is 17.7 Å². The minimum Gasteiger partial charge on any atom is -0.493 e. The second-order valence-corrected chi connectivity index (χ2v) is 10.1. The maximum absolute atomic E-state index is 12.9. The van der Waals surface area contributed by atoms with Gasteiger partial charge >= 0.3 is 0 Å². The summed E-state index contributed by atoms with van der Waals surface area (Å²) in [5.41, 5.74) is 2.36. The number of carbonyl (C=O) groups excluding carboxylic acids is 3. The lowest BCUT2D eigenvalue weighted by atomic mass is 10.1. The van der Waals surface area contributed by atoms with Crippen LogP contribution in [0.15, 0.2) is 36.5 Å². The van der Waals surface area contributed by atoms with Gasteiger partial charge in [0.25, 0.3) is 0 Å². The SMILES string of the molecule is CCOc1c(CN(C)C(=O)C=Cc2cnc3c(c2)CN(CC(=O)N2CCN(C)CC2)CC(=O)N3)cccc1OC.Cl. The third-order valence-corrected chi connectivity index (χ3v) is 6.99. The Morgan fingerprint density at radius 2 is 1.93 bits per heavy atom. The first-order valence-corrected chi connectivity index (χ1v) is 13.5. The highest BCUT2D eigenvalue weighted by molar-refractivity contribution is 5.94. The van der Waals surface area contributed by atoms with Crippen LogP contribution in [0.5, 0.6) is 11.5 Å². The van der Waals surface area contributed by atoms with Crippen molar-refractivity contribution in [1.82, 2.24) is 24.6 Å². The Labute approximate surface area is 247 Å². The number of piperazine rings is 1. The summed E-state index contributed by atoms with van der Waals surface area (Å²) in [6, 6.07) is 7.49. The van der Waals surface area contributed by atoms with E-state index in [2.05, 4.69) is 15.2 Å². The minimum absolute atomic E-state index is 0. The van der Waals surface area contributed by atoms with Crippen LogP contribution in [0.25, 0.3) is 6.08 Å². The van der Waals surface area contributed by atoms with Crippen molar-refractivity contribution < 1.29 is 23.9 Å². The van der Waals surface area contributed by atoms with E-state index in [1.54, 1.807) is 31.3 Å². The standard InChI is InChI=1S/C29H38N6O5.ClH/c1-5-40-28-22(7-6-8-24(28)39-4)17-33(3)26(37)10-9-21-15-23-18-34(19-25(36)31-29(23)30-16-21)20-27(38)35-13-11-32(2)12-14-35;/h6-10,15-16H,5,11-14,17-20H2,1-4H3,(H,30,31,36);1H. The number of benzene rings is 1. The van der Waals surface area contributed by atoms with Crippen LogP contribution in [-0.2, 0) is 27.5 Å². The Kier molecular flexibility index (Phi) is 11.5. The average molecular weight is 587 g/mol. The van der Waals surface area contributed by atoms with Gasteiger partial charge in [0.1, 0.15) is 5.82 Å². The third-order valence-electron chi connectivity index (χ3n) is 6.99. The molecule has 0 atom stereocenters. The molecule has 222 valence electrons. The Morgan fingerprint density at radius 3 is 2.63 bits per heavy atom. The predicted molar refractivity (Wildman–Crippen MR) is 159 cm³/mol. The quantitative estimate of drug-likeness (QED) is 0.445. The fraction of sp³-hybridized carbons (Fsp3) is 0.448. The molecule has 0 unspecified atom stereocenters. The van der Waals surface area contributed by atoms with Crippen LogP contribution < -0.4 is 14.8 Å². The lowest BCUT2D eigenvalue weighted by molar-refractivity contribution is -0.134. The molecule has 1 aromatic carbocycles. The fourth-order valence-electron chi connectivity index (χ4n) is 4.77. The number of fused-ring (bicyclic) bond motifs is 1. The Bertz CT molecular complexity index is 1260. The average Bonchev–Trinajstić information content (AvgIpc) is 3.09. The summed E-state index contributed by atoms with van der Waals surface area (Å²) in [4.78, 5) is 50.2. The Morgan fingerprint density at radius 1 is 1.17 bits per heavy atom. The van der Waals surface area contributed by atoms with Crippen LogP contribution in [-0.4, -0.2) is 109 Å². The smallest absolute Gasteiger partial charge is 0.246 e. The van der Waals surface area contributed by atoms with Gasteiger partial charge in [-0.1, -0.05) is 12.1 Å². The van der Waals surface area contributed by atoms with E-state index in [-0.39, 0.29) is 43.2 Å². The first-order valence-electron chi connectivity index (χ1n) is 13.5. The number of nitrogens with one attached hydrogen (secondary N) is 1. The summed E-state index contributed by atoms with van der Waals surface area (Å²) >= 11 is 0. The van der Waals surface area contributed by atoms with Gasteiger partial charge < -0.3 is 29.5 Å². The van der Waals surface area contributed by atoms with E-state index in [1.165, 1.54) is 6.08 Å². The highest BCUT2D eigenvalue weighted by Crippen LogP contribution is 2.32. The molecular formula is C29H39ClN6O5. The first kappa shape index (κ1) is 31.9. The van der Waals surface area contributed by atoms with Crippen LogP contribution in [0, 0.1) is 0 Å².